The minimum absolute atomic E-state index is 0.0618. The van der Waals surface area contributed by atoms with Gasteiger partial charge in [0.2, 0.25) is 0 Å². The largest absolute Gasteiger partial charge is 0.494 e. The summed E-state index contributed by atoms with van der Waals surface area (Å²) in [6, 6.07) is 19.0. The number of nitrogens with zero attached hydrogens (tertiary/aromatic N) is 1. The quantitative estimate of drug-likeness (QED) is 0.319. The molecule has 33 heavy (non-hydrogen) atoms. The molecule has 0 radical (unpaired) electrons. The van der Waals surface area contributed by atoms with Gasteiger partial charge in [-0.2, -0.15) is 0 Å². The fraction of sp³-hybridized carbons (Fsp3) is 0.536. The minimum atomic E-state index is -0.607. The first-order valence-corrected chi connectivity index (χ1v) is 12.5. The molecule has 5 heteroatoms. The van der Waals surface area contributed by atoms with Crippen molar-refractivity contribution in [2.75, 3.05) is 20.3 Å². The number of ether oxygens (including phenoxy) is 2. The molecule has 2 heterocycles. The van der Waals surface area contributed by atoms with Gasteiger partial charge in [0.1, 0.15) is 24.3 Å². The van der Waals surface area contributed by atoms with E-state index in [4.69, 9.17) is 9.47 Å². The third-order valence-electron chi connectivity index (χ3n) is 7.74. The lowest BCUT2D eigenvalue weighted by Crippen LogP contribution is -2.58. The zero-order chi connectivity index (χ0) is 23.3. The Balaban J connectivity index is 1.36. The molecule has 0 aromatic heterocycles. The third kappa shape index (κ3) is 5.42. The number of unbranched alkanes of at least 4 members (excludes halogenated alkanes) is 1. The van der Waals surface area contributed by atoms with Crippen LogP contribution in [0, 0.1) is 0 Å². The van der Waals surface area contributed by atoms with Crippen molar-refractivity contribution >= 4 is 5.97 Å². The van der Waals surface area contributed by atoms with Crippen molar-refractivity contribution in [3.05, 3.63) is 65.7 Å². The van der Waals surface area contributed by atoms with Gasteiger partial charge in [-0.3, -0.25) is 4.79 Å². The molecule has 2 aromatic carbocycles. The van der Waals surface area contributed by atoms with Crippen LogP contribution in [0.25, 0.3) is 0 Å². The highest BCUT2D eigenvalue weighted by atomic mass is 16.5. The SMILES string of the molecule is CCCCOc1ccc(C[N+]2(C)[C@@H]3CC[C@H]2CC(OC(=O)[C@H](CO)c2ccccc2)C3)cc1. The van der Waals surface area contributed by atoms with Crippen LogP contribution >= 0.6 is 0 Å². The number of carbonyl (C=O) groups is 1. The van der Waals surface area contributed by atoms with Crippen LogP contribution in [-0.2, 0) is 16.1 Å². The first-order chi connectivity index (χ1) is 16.0. The highest BCUT2D eigenvalue weighted by molar-refractivity contribution is 5.78. The predicted molar refractivity (Wildman–Crippen MR) is 129 cm³/mol. The summed E-state index contributed by atoms with van der Waals surface area (Å²) in [6.07, 6.45) is 6.29. The molecule has 0 amide bonds. The van der Waals surface area contributed by atoms with Crippen LogP contribution in [0.2, 0.25) is 0 Å². The molecule has 2 aromatic rings. The molecule has 2 aliphatic rings. The molecule has 2 fully saturated rings. The Morgan fingerprint density at radius 1 is 1.06 bits per heavy atom. The number of carbonyl (C=O) groups excluding carboxylic acids is 1. The van der Waals surface area contributed by atoms with E-state index in [-0.39, 0.29) is 18.7 Å². The summed E-state index contributed by atoms with van der Waals surface area (Å²) in [5.74, 6) is 0.0351. The summed E-state index contributed by atoms with van der Waals surface area (Å²) in [7, 11) is 2.37. The summed E-state index contributed by atoms with van der Waals surface area (Å²) in [4.78, 5) is 12.9. The Bertz CT molecular complexity index is 884. The van der Waals surface area contributed by atoms with E-state index in [1.54, 1.807) is 0 Å². The van der Waals surface area contributed by atoms with Crippen molar-refractivity contribution in [2.45, 2.75) is 76.1 Å². The smallest absolute Gasteiger partial charge is 0.316 e. The zero-order valence-electron chi connectivity index (χ0n) is 20.0. The van der Waals surface area contributed by atoms with Gasteiger partial charge in [-0.25, -0.2) is 0 Å². The number of aliphatic hydroxyl groups is 1. The van der Waals surface area contributed by atoms with Crippen molar-refractivity contribution in [1.29, 1.82) is 0 Å². The molecule has 0 spiro atoms. The molecule has 4 rings (SSSR count). The van der Waals surface area contributed by atoms with Crippen molar-refractivity contribution in [1.82, 2.24) is 0 Å². The standard InChI is InChI=1S/C28H38NO4/c1-3-4-16-32-25-14-10-21(11-15-25)19-29(2)23-12-13-24(29)18-26(17-23)33-28(31)27(20-30)22-8-6-5-7-9-22/h5-11,14-15,23-24,26-27,30H,3-4,12-13,16-20H2,1-2H3/q+1/t23-,24+,26?,27-,29?/m1/s1. The summed E-state index contributed by atoms with van der Waals surface area (Å²) in [5.41, 5.74) is 2.14. The summed E-state index contributed by atoms with van der Waals surface area (Å²) in [6.45, 7) is 3.71. The average Bonchev–Trinajstić information content (AvgIpc) is 2.98. The van der Waals surface area contributed by atoms with Crippen LogP contribution in [0.4, 0.5) is 0 Å². The Kier molecular flexibility index (Phi) is 7.71. The second-order valence-corrected chi connectivity index (χ2v) is 9.91. The number of benzene rings is 2. The number of quaternary nitrogens is 1. The van der Waals surface area contributed by atoms with Crippen molar-refractivity contribution < 1.29 is 23.9 Å². The van der Waals surface area contributed by atoms with Crippen molar-refractivity contribution in [3.63, 3.8) is 0 Å². The Morgan fingerprint density at radius 2 is 1.73 bits per heavy atom. The molecule has 5 atom stereocenters. The third-order valence-corrected chi connectivity index (χ3v) is 7.74. The second-order valence-electron chi connectivity index (χ2n) is 9.91. The maximum Gasteiger partial charge on any atom is 0.316 e. The van der Waals surface area contributed by atoms with Gasteiger partial charge in [-0.05, 0) is 36.2 Å². The van der Waals surface area contributed by atoms with E-state index in [1.807, 2.05) is 30.3 Å². The van der Waals surface area contributed by atoms with E-state index in [9.17, 15) is 9.90 Å². The van der Waals surface area contributed by atoms with E-state index in [0.717, 1.165) is 54.6 Å². The van der Waals surface area contributed by atoms with Crippen LogP contribution in [0.1, 0.15) is 62.5 Å². The monoisotopic (exact) mass is 452 g/mol. The molecular formula is C28H38NO4+. The Labute approximate surface area is 197 Å². The molecular weight excluding hydrogens is 414 g/mol. The molecule has 2 unspecified atom stereocenters. The first-order valence-electron chi connectivity index (χ1n) is 12.5. The van der Waals surface area contributed by atoms with Gasteiger partial charge in [0.05, 0.1) is 32.3 Å². The van der Waals surface area contributed by atoms with Crippen LogP contribution in [0.5, 0.6) is 5.75 Å². The van der Waals surface area contributed by atoms with E-state index < -0.39 is 5.92 Å². The van der Waals surface area contributed by atoms with Crippen LogP contribution in [-0.4, -0.2) is 54.0 Å². The van der Waals surface area contributed by atoms with Crippen molar-refractivity contribution in [3.8, 4) is 5.75 Å². The van der Waals surface area contributed by atoms with Gasteiger partial charge >= 0.3 is 5.97 Å². The second kappa shape index (κ2) is 10.7. The molecule has 2 aliphatic heterocycles. The summed E-state index contributed by atoms with van der Waals surface area (Å²) >= 11 is 0. The van der Waals surface area contributed by atoms with Gasteiger partial charge < -0.3 is 19.1 Å². The number of aliphatic hydroxyl groups excluding tert-OH is 1. The van der Waals surface area contributed by atoms with E-state index >= 15 is 0 Å². The zero-order valence-corrected chi connectivity index (χ0v) is 20.0. The highest BCUT2D eigenvalue weighted by Gasteiger charge is 2.52. The topological polar surface area (TPSA) is 55.8 Å². The molecule has 2 saturated heterocycles. The number of hydrogen-bond donors (Lipinski definition) is 1. The lowest BCUT2D eigenvalue weighted by atomic mass is 9.95. The Morgan fingerprint density at radius 3 is 2.33 bits per heavy atom. The molecule has 2 bridgehead atoms. The van der Waals surface area contributed by atoms with Gasteiger partial charge in [0.15, 0.2) is 0 Å². The fourth-order valence-corrected chi connectivity index (χ4v) is 5.71. The van der Waals surface area contributed by atoms with Crippen LogP contribution < -0.4 is 4.74 Å². The summed E-state index contributed by atoms with van der Waals surface area (Å²) in [5, 5.41) is 9.81. The minimum Gasteiger partial charge on any atom is -0.494 e. The maximum atomic E-state index is 12.9. The number of fused-ring (bicyclic) bond motifs is 2. The normalized spacial score (nSPS) is 27.2. The number of hydrogen-bond acceptors (Lipinski definition) is 4. The lowest BCUT2D eigenvalue weighted by Gasteiger charge is -2.47. The van der Waals surface area contributed by atoms with Crippen LogP contribution in [0.3, 0.4) is 0 Å². The highest BCUT2D eigenvalue weighted by Crippen LogP contribution is 2.43. The summed E-state index contributed by atoms with van der Waals surface area (Å²) < 4.78 is 12.8. The van der Waals surface area contributed by atoms with Gasteiger partial charge in [-0.1, -0.05) is 43.7 Å². The van der Waals surface area contributed by atoms with E-state index in [0.29, 0.717) is 12.1 Å². The molecule has 0 saturated carbocycles. The maximum absolute atomic E-state index is 12.9. The van der Waals surface area contributed by atoms with Crippen LogP contribution in [0.15, 0.2) is 54.6 Å². The molecule has 0 aliphatic carbocycles. The average molecular weight is 453 g/mol. The molecule has 1 N–H and O–H groups in total. The fourth-order valence-electron chi connectivity index (χ4n) is 5.71. The number of esters is 1. The number of rotatable bonds is 10. The van der Waals surface area contributed by atoms with E-state index in [2.05, 4.69) is 38.2 Å². The van der Waals surface area contributed by atoms with Gasteiger partial charge in [-0.15, -0.1) is 0 Å². The van der Waals surface area contributed by atoms with Gasteiger partial charge in [0, 0.05) is 31.2 Å². The number of piperidine rings is 1. The lowest BCUT2D eigenvalue weighted by molar-refractivity contribution is -0.961. The van der Waals surface area contributed by atoms with Crippen molar-refractivity contribution in [2.24, 2.45) is 0 Å². The molecule has 178 valence electrons. The van der Waals surface area contributed by atoms with E-state index in [1.165, 1.54) is 18.4 Å². The predicted octanol–water partition coefficient (Wildman–Crippen LogP) is 4.82. The first kappa shape index (κ1) is 23.8. The Hall–Kier alpha value is -2.37. The van der Waals surface area contributed by atoms with Gasteiger partial charge in [0.25, 0.3) is 0 Å². The molecule has 5 nitrogen and oxygen atoms in total.